The molecule has 5 nitrogen and oxygen atoms in total. The summed E-state index contributed by atoms with van der Waals surface area (Å²) in [6, 6.07) is 21.5. The number of rotatable bonds is 7. The first kappa shape index (κ1) is 19.4. The van der Waals surface area contributed by atoms with Gasteiger partial charge in [-0.05, 0) is 62.2 Å². The second-order valence-electron chi connectivity index (χ2n) is 6.77. The molecule has 0 saturated heterocycles. The molecule has 2 aromatic carbocycles. The van der Waals surface area contributed by atoms with Crippen LogP contribution in [0.4, 0.5) is 0 Å². The molecular formula is C23H25N3O2. The topological polar surface area (TPSA) is 63.1 Å². The number of carbonyl (C=O) groups excluding carboxylic acids is 2. The minimum Gasteiger partial charge on any atom is -0.354 e. The summed E-state index contributed by atoms with van der Waals surface area (Å²) in [6.07, 6.45) is 0.764. The Morgan fingerprint density at radius 1 is 0.821 bits per heavy atom. The van der Waals surface area contributed by atoms with E-state index < -0.39 is 0 Å². The van der Waals surface area contributed by atoms with Crippen molar-refractivity contribution >= 4 is 11.8 Å². The highest BCUT2D eigenvalue weighted by Gasteiger charge is 2.09. The maximum atomic E-state index is 12.3. The van der Waals surface area contributed by atoms with Gasteiger partial charge in [-0.15, -0.1) is 0 Å². The molecule has 0 aliphatic rings. The van der Waals surface area contributed by atoms with Crippen molar-refractivity contribution in [2.24, 2.45) is 0 Å². The van der Waals surface area contributed by atoms with Gasteiger partial charge in [0.15, 0.2) is 0 Å². The van der Waals surface area contributed by atoms with E-state index in [0.717, 1.165) is 23.5 Å². The van der Waals surface area contributed by atoms with Crippen LogP contribution in [0.25, 0.3) is 5.69 Å². The molecule has 0 atom stereocenters. The molecule has 28 heavy (non-hydrogen) atoms. The van der Waals surface area contributed by atoms with E-state index in [2.05, 4.69) is 27.3 Å². The van der Waals surface area contributed by atoms with E-state index in [1.807, 2.05) is 56.3 Å². The van der Waals surface area contributed by atoms with Crippen LogP contribution < -0.4 is 10.6 Å². The fourth-order valence-electron chi connectivity index (χ4n) is 3.15. The Balaban J connectivity index is 1.47. The van der Waals surface area contributed by atoms with Crippen LogP contribution >= 0.6 is 0 Å². The van der Waals surface area contributed by atoms with Crippen molar-refractivity contribution in [1.82, 2.24) is 15.2 Å². The summed E-state index contributed by atoms with van der Waals surface area (Å²) in [4.78, 5) is 24.2. The van der Waals surface area contributed by atoms with Gasteiger partial charge in [0.1, 0.15) is 0 Å². The normalized spacial score (nSPS) is 10.5. The molecule has 2 amide bonds. The number of benzene rings is 2. The van der Waals surface area contributed by atoms with Gasteiger partial charge in [0.2, 0.25) is 5.91 Å². The summed E-state index contributed by atoms with van der Waals surface area (Å²) in [5, 5.41) is 5.49. The van der Waals surface area contributed by atoms with Crippen molar-refractivity contribution < 1.29 is 9.59 Å². The first-order valence-electron chi connectivity index (χ1n) is 9.39. The van der Waals surface area contributed by atoms with Crippen molar-refractivity contribution in [3.05, 3.63) is 89.2 Å². The number of hydrogen-bond acceptors (Lipinski definition) is 2. The summed E-state index contributed by atoms with van der Waals surface area (Å²) >= 11 is 0. The molecule has 2 N–H and O–H groups in total. The van der Waals surface area contributed by atoms with E-state index in [4.69, 9.17) is 0 Å². The average molecular weight is 375 g/mol. The van der Waals surface area contributed by atoms with Crippen LogP contribution in [0.1, 0.15) is 27.3 Å². The number of nitrogens with zero attached hydrogens (tertiary/aromatic N) is 1. The molecule has 144 valence electrons. The van der Waals surface area contributed by atoms with E-state index in [1.54, 1.807) is 12.1 Å². The summed E-state index contributed by atoms with van der Waals surface area (Å²) in [5.74, 6) is -0.454. The smallest absolute Gasteiger partial charge is 0.251 e. The third-order valence-electron chi connectivity index (χ3n) is 4.65. The minimum absolute atomic E-state index is 0.0365. The molecule has 0 unspecified atom stereocenters. The molecule has 0 aliphatic heterocycles. The van der Waals surface area contributed by atoms with Gasteiger partial charge in [-0.1, -0.05) is 30.3 Å². The molecule has 1 aromatic heterocycles. The highest BCUT2D eigenvalue weighted by atomic mass is 16.2. The molecule has 5 heteroatoms. The Hall–Kier alpha value is -3.34. The Morgan fingerprint density at radius 2 is 1.46 bits per heavy atom. The van der Waals surface area contributed by atoms with Crippen molar-refractivity contribution in [3.63, 3.8) is 0 Å². The third-order valence-corrected chi connectivity index (χ3v) is 4.65. The van der Waals surface area contributed by atoms with Gasteiger partial charge in [0.05, 0.1) is 6.54 Å². The first-order chi connectivity index (χ1) is 13.5. The summed E-state index contributed by atoms with van der Waals surface area (Å²) in [7, 11) is 0. The third kappa shape index (κ3) is 4.88. The average Bonchev–Trinajstić information content (AvgIpc) is 3.05. The second kappa shape index (κ2) is 9.04. The fourth-order valence-corrected chi connectivity index (χ4v) is 3.15. The van der Waals surface area contributed by atoms with Gasteiger partial charge in [0, 0.05) is 29.2 Å². The van der Waals surface area contributed by atoms with Gasteiger partial charge in [-0.3, -0.25) is 9.59 Å². The lowest BCUT2D eigenvalue weighted by Crippen LogP contribution is -2.37. The second-order valence-corrected chi connectivity index (χ2v) is 6.77. The molecule has 3 aromatic rings. The number of aromatic nitrogens is 1. The quantitative estimate of drug-likeness (QED) is 0.666. The molecule has 3 rings (SSSR count). The highest BCUT2D eigenvalue weighted by Crippen LogP contribution is 2.16. The first-order valence-corrected chi connectivity index (χ1v) is 9.39. The summed E-state index contributed by atoms with van der Waals surface area (Å²) < 4.78 is 2.13. The van der Waals surface area contributed by atoms with Crippen molar-refractivity contribution in [2.75, 3.05) is 13.1 Å². The molecule has 0 spiro atoms. The van der Waals surface area contributed by atoms with E-state index in [-0.39, 0.29) is 18.4 Å². The lowest BCUT2D eigenvalue weighted by molar-refractivity contribution is -0.120. The number of aryl methyl sites for hydroxylation is 2. The number of amides is 2. The maximum absolute atomic E-state index is 12.3. The SMILES string of the molecule is Cc1ccc(C)n1-c1ccc(C(=O)NCC(=O)NCCc2ccccc2)cc1. The molecule has 0 saturated carbocycles. The summed E-state index contributed by atoms with van der Waals surface area (Å²) in [5.41, 5.74) is 4.99. The molecule has 0 radical (unpaired) electrons. The lowest BCUT2D eigenvalue weighted by atomic mass is 10.1. The van der Waals surface area contributed by atoms with Gasteiger partial charge >= 0.3 is 0 Å². The van der Waals surface area contributed by atoms with Gasteiger partial charge in [-0.2, -0.15) is 0 Å². The van der Waals surface area contributed by atoms with Crippen LogP contribution in [-0.4, -0.2) is 29.5 Å². The zero-order chi connectivity index (χ0) is 19.9. The van der Waals surface area contributed by atoms with E-state index in [1.165, 1.54) is 5.56 Å². The molecule has 0 fully saturated rings. The molecule has 0 bridgehead atoms. The van der Waals surface area contributed by atoms with Crippen molar-refractivity contribution in [1.29, 1.82) is 0 Å². The lowest BCUT2D eigenvalue weighted by Gasteiger charge is -2.11. The van der Waals surface area contributed by atoms with Gasteiger partial charge in [-0.25, -0.2) is 0 Å². The van der Waals surface area contributed by atoms with Crippen LogP contribution in [0.5, 0.6) is 0 Å². The minimum atomic E-state index is -0.259. The standard InChI is InChI=1S/C23H25N3O2/c1-17-8-9-18(2)26(17)21-12-10-20(11-13-21)23(28)25-16-22(27)24-15-14-19-6-4-3-5-7-19/h3-13H,14-16H2,1-2H3,(H,24,27)(H,25,28). The largest absolute Gasteiger partial charge is 0.354 e. The Bertz CT molecular complexity index is 924. The zero-order valence-electron chi connectivity index (χ0n) is 16.2. The van der Waals surface area contributed by atoms with Crippen LogP contribution in [0.2, 0.25) is 0 Å². The predicted molar refractivity (Wildman–Crippen MR) is 111 cm³/mol. The predicted octanol–water partition coefficient (Wildman–Crippen LogP) is 3.18. The Labute approximate surface area is 165 Å². The van der Waals surface area contributed by atoms with Crippen molar-refractivity contribution in [3.8, 4) is 5.69 Å². The van der Waals surface area contributed by atoms with Crippen LogP contribution in [0, 0.1) is 13.8 Å². The zero-order valence-corrected chi connectivity index (χ0v) is 16.2. The van der Waals surface area contributed by atoms with E-state index in [0.29, 0.717) is 12.1 Å². The number of hydrogen-bond donors (Lipinski definition) is 2. The van der Waals surface area contributed by atoms with Crippen LogP contribution in [0.3, 0.4) is 0 Å². The van der Waals surface area contributed by atoms with E-state index in [9.17, 15) is 9.59 Å². The molecule has 0 aliphatic carbocycles. The van der Waals surface area contributed by atoms with Crippen LogP contribution in [0.15, 0.2) is 66.7 Å². The maximum Gasteiger partial charge on any atom is 0.251 e. The molecule has 1 heterocycles. The Morgan fingerprint density at radius 3 is 2.11 bits per heavy atom. The fraction of sp³-hybridized carbons (Fsp3) is 0.217. The number of nitrogens with one attached hydrogen (secondary N) is 2. The highest BCUT2D eigenvalue weighted by molar-refractivity contribution is 5.96. The van der Waals surface area contributed by atoms with E-state index >= 15 is 0 Å². The van der Waals surface area contributed by atoms with Crippen LogP contribution in [-0.2, 0) is 11.2 Å². The monoisotopic (exact) mass is 375 g/mol. The Kier molecular flexibility index (Phi) is 6.27. The van der Waals surface area contributed by atoms with Crippen molar-refractivity contribution in [2.45, 2.75) is 20.3 Å². The number of carbonyl (C=O) groups is 2. The van der Waals surface area contributed by atoms with Gasteiger partial charge in [0.25, 0.3) is 5.91 Å². The van der Waals surface area contributed by atoms with Gasteiger partial charge < -0.3 is 15.2 Å². The summed E-state index contributed by atoms with van der Waals surface area (Å²) in [6.45, 7) is 4.60. The molecular weight excluding hydrogens is 350 g/mol.